The van der Waals surface area contributed by atoms with Crippen LogP contribution in [0.1, 0.15) is 32.8 Å². The molecular weight excluding hydrogens is 278 g/mol. The van der Waals surface area contributed by atoms with E-state index in [9.17, 15) is 5.11 Å². The summed E-state index contributed by atoms with van der Waals surface area (Å²) < 4.78 is 11.2. The Morgan fingerprint density at radius 2 is 2.05 bits per heavy atom. The first-order chi connectivity index (χ1) is 9.51. The molecule has 4 nitrogen and oxygen atoms in total. The predicted molar refractivity (Wildman–Crippen MR) is 81.8 cm³/mol. The fraction of sp³-hybridized carbons (Fsp3) is 0.600. The Kier molecular flexibility index (Phi) is 7.13. The van der Waals surface area contributed by atoms with Gasteiger partial charge >= 0.3 is 0 Å². The number of methoxy groups -OCH3 is 1. The second-order valence-electron chi connectivity index (χ2n) is 4.93. The van der Waals surface area contributed by atoms with Gasteiger partial charge in [0.1, 0.15) is 0 Å². The summed E-state index contributed by atoms with van der Waals surface area (Å²) in [5.41, 5.74) is 0.926. The third kappa shape index (κ3) is 4.85. The lowest BCUT2D eigenvalue weighted by atomic mass is 10.1. The first-order valence-corrected chi connectivity index (χ1v) is 7.26. The Hall–Kier alpha value is -0.970. The Morgan fingerprint density at radius 1 is 1.35 bits per heavy atom. The van der Waals surface area contributed by atoms with Crippen molar-refractivity contribution < 1.29 is 14.6 Å². The Bertz CT molecular complexity index is 420. The monoisotopic (exact) mass is 301 g/mol. The first-order valence-electron chi connectivity index (χ1n) is 6.89. The molecule has 2 N–H and O–H groups in total. The normalized spacial score (nSPS) is 12.6. The number of ether oxygens (including phenoxy) is 2. The van der Waals surface area contributed by atoms with Crippen LogP contribution in [0, 0.1) is 0 Å². The molecule has 0 unspecified atom stereocenters. The number of nitrogens with one attached hydrogen (secondary N) is 1. The number of hydrogen-bond acceptors (Lipinski definition) is 4. The van der Waals surface area contributed by atoms with E-state index in [0.717, 1.165) is 12.0 Å². The van der Waals surface area contributed by atoms with Crippen LogP contribution in [0.2, 0.25) is 5.02 Å². The van der Waals surface area contributed by atoms with Gasteiger partial charge in [0, 0.05) is 29.2 Å². The Labute approximate surface area is 126 Å². The summed E-state index contributed by atoms with van der Waals surface area (Å²) in [4.78, 5) is 0. The van der Waals surface area contributed by atoms with Crippen LogP contribution in [0.5, 0.6) is 11.5 Å². The standard InChI is InChI=1S/C15H24ClNO3/c1-5-13(9-18)17-8-11-6-12(16)7-14(19-4)15(11)20-10(2)3/h6-7,10,13,17-18H,5,8-9H2,1-4H3/t13-/m1/s1. The number of rotatable bonds is 8. The van der Waals surface area contributed by atoms with Gasteiger partial charge in [0.2, 0.25) is 0 Å². The van der Waals surface area contributed by atoms with Crippen LogP contribution in [0.25, 0.3) is 0 Å². The summed E-state index contributed by atoms with van der Waals surface area (Å²) in [6, 6.07) is 3.66. The van der Waals surface area contributed by atoms with Gasteiger partial charge in [0.15, 0.2) is 11.5 Å². The molecule has 0 aliphatic heterocycles. The first kappa shape index (κ1) is 17.1. The van der Waals surface area contributed by atoms with E-state index in [1.807, 2.05) is 26.8 Å². The van der Waals surface area contributed by atoms with Crippen LogP contribution in [-0.4, -0.2) is 31.0 Å². The Balaban J connectivity index is 2.99. The minimum absolute atomic E-state index is 0.0450. The highest BCUT2D eigenvalue weighted by atomic mass is 35.5. The minimum atomic E-state index is 0.0450. The molecule has 0 spiro atoms. The highest BCUT2D eigenvalue weighted by Gasteiger charge is 2.15. The summed E-state index contributed by atoms with van der Waals surface area (Å²) in [7, 11) is 1.60. The van der Waals surface area contributed by atoms with Crippen molar-refractivity contribution in [1.29, 1.82) is 0 Å². The van der Waals surface area contributed by atoms with Crippen molar-refractivity contribution in [3.63, 3.8) is 0 Å². The second kappa shape index (κ2) is 8.35. The molecule has 0 aliphatic rings. The summed E-state index contributed by atoms with van der Waals surface area (Å²) >= 11 is 6.11. The molecule has 0 bridgehead atoms. The molecule has 0 saturated carbocycles. The van der Waals surface area contributed by atoms with Gasteiger partial charge in [-0.25, -0.2) is 0 Å². The van der Waals surface area contributed by atoms with Gasteiger partial charge in [-0.05, 0) is 26.3 Å². The molecule has 5 heteroatoms. The number of hydrogen-bond donors (Lipinski definition) is 2. The second-order valence-corrected chi connectivity index (χ2v) is 5.37. The lowest BCUT2D eigenvalue weighted by molar-refractivity contribution is 0.222. The highest BCUT2D eigenvalue weighted by Crippen LogP contribution is 2.35. The molecule has 0 saturated heterocycles. The van der Waals surface area contributed by atoms with Crippen LogP contribution in [0.4, 0.5) is 0 Å². The van der Waals surface area contributed by atoms with E-state index in [-0.39, 0.29) is 18.8 Å². The molecule has 114 valence electrons. The fourth-order valence-electron chi connectivity index (χ4n) is 1.87. The topological polar surface area (TPSA) is 50.7 Å². The predicted octanol–water partition coefficient (Wildman–Crippen LogP) is 3.00. The quantitative estimate of drug-likeness (QED) is 0.775. The van der Waals surface area contributed by atoms with Crippen molar-refractivity contribution in [3.05, 3.63) is 22.7 Å². The zero-order valence-electron chi connectivity index (χ0n) is 12.6. The van der Waals surface area contributed by atoms with Gasteiger partial charge in [0.25, 0.3) is 0 Å². The molecule has 0 aromatic heterocycles. The number of aliphatic hydroxyl groups excluding tert-OH is 1. The van der Waals surface area contributed by atoms with Crippen molar-refractivity contribution in [2.75, 3.05) is 13.7 Å². The molecular formula is C15H24ClNO3. The average molecular weight is 302 g/mol. The Morgan fingerprint density at radius 3 is 2.55 bits per heavy atom. The zero-order valence-corrected chi connectivity index (χ0v) is 13.3. The number of halogens is 1. The summed E-state index contributed by atoms with van der Waals surface area (Å²) in [5, 5.41) is 13.1. The SMILES string of the molecule is CC[C@H](CO)NCc1cc(Cl)cc(OC)c1OC(C)C. The van der Waals surface area contributed by atoms with Crippen molar-refractivity contribution in [2.24, 2.45) is 0 Å². The molecule has 1 aromatic rings. The van der Waals surface area contributed by atoms with Crippen LogP contribution in [0.3, 0.4) is 0 Å². The lowest BCUT2D eigenvalue weighted by Gasteiger charge is -2.20. The van der Waals surface area contributed by atoms with Crippen molar-refractivity contribution in [2.45, 2.75) is 45.9 Å². The summed E-state index contributed by atoms with van der Waals surface area (Å²) in [6.45, 7) is 6.63. The lowest BCUT2D eigenvalue weighted by Crippen LogP contribution is -2.31. The summed E-state index contributed by atoms with van der Waals surface area (Å²) in [5.74, 6) is 1.33. The highest BCUT2D eigenvalue weighted by molar-refractivity contribution is 6.30. The van der Waals surface area contributed by atoms with E-state index in [4.69, 9.17) is 21.1 Å². The maximum absolute atomic E-state index is 9.23. The molecule has 0 amide bonds. The van der Waals surface area contributed by atoms with Crippen LogP contribution >= 0.6 is 11.6 Å². The van der Waals surface area contributed by atoms with Crippen molar-refractivity contribution in [3.8, 4) is 11.5 Å². The van der Waals surface area contributed by atoms with Crippen molar-refractivity contribution in [1.82, 2.24) is 5.32 Å². The van der Waals surface area contributed by atoms with Gasteiger partial charge in [-0.15, -0.1) is 0 Å². The molecule has 0 radical (unpaired) electrons. The van der Waals surface area contributed by atoms with Gasteiger partial charge in [0.05, 0.1) is 19.8 Å². The zero-order chi connectivity index (χ0) is 15.1. The fourth-order valence-corrected chi connectivity index (χ4v) is 2.10. The van der Waals surface area contributed by atoms with Gasteiger partial charge in [-0.2, -0.15) is 0 Å². The number of benzene rings is 1. The molecule has 1 aromatic carbocycles. The van der Waals surface area contributed by atoms with E-state index < -0.39 is 0 Å². The van der Waals surface area contributed by atoms with E-state index >= 15 is 0 Å². The third-order valence-corrected chi connectivity index (χ3v) is 3.18. The molecule has 0 heterocycles. The minimum Gasteiger partial charge on any atom is -0.493 e. The maximum Gasteiger partial charge on any atom is 0.166 e. The molecule has 0 fully saturated rings. The van der Waals surface area contributed by atoms with E-state index in [1.54, 1.807) is 13.2 Å². The maximum atomic E-state index is 9.23. The van der Waals surface area contributed by atoms with Crippen LogP contribution in [0.15, 0.2) is 12.1 Å². The molecule has 20 heavy (non-hydrogen) atoms. The molecule has 0 aliphatic carbocycles. The largest absolute Gasteiger partial charge is 0.493 e. The van der Waals surface area contributed by atoms with Crippen LogP contribution < -0.4 is 14.8 Å². The van der Waals surface area contributed by atoms with Gasteiger partial charge in [-0.1, -0.05) is 18.5 Å². The van der Waals surface area contributed by atoms with Crippen LogP contribution in [-0.2, 0) is 6.54 Å². The van der Waals surface area contributed by atoms with Crippen molar-refractivity contribution >= 4 is 11.6 Å². The van der Waals surface area contributed by atoms with E-state index in [0.29, 0.717) is 23.1 Å². The third-order valence-electron chi connectivity index (χ3n) is 2.96. The summed E-state index contributed by atoms with van der Waals surface area (Å²) in [6.07, 6.45) is 0.901. The van der Waals surface area contributed by atoms with E-state index in [1.165, 1.54) is 0 Å². The molecule has 1 atom stereocenters. The average Bonchev–Trinajstić information content (AvgIpc) is 2.41. The van der Waals surface area contributed by atoms with E-state index in [2.05, 4.69) is 5.32 Å². The number of aliphatic hydroxyl groups is 1. The smallest absolute Gasteiger partial charge is 0.166 e. The van der Waals surface area contributed by atoms with Gasteiger partial charge < -0.3 is 19.9 Å². The molecule has 1 rings (SSSR count). The van der Waals surface area contributed by atoms with Gasteiger partial charge in [-0.3, -0.25) is 0 Å².